The highest BCUT2D eigenvalue weighted by atomic mass is 16.6. The van der Waals surface area contributed by atoms with Crippen molar-refractivity contribution >= 4 is 17.9 Å². The first kappa shape index (κ1) is 56.1. The van der Waals surface area contributed by atoms with Crippen LogP contribution in [0.1, 0.15) is 92.3 Å². The van der Waals surface area contributed by atoms with Crippen LogP contribution >= 0.6 is 0 Å². The second-order valence-corrected chi connectivity index (χ2v) is 19.9. The van der Waals surface area contributed by atoms with E-state index in [4.69, 9.17) is 38.3 Å². The summed E-state index contributed by atoms with van der Waals surface area (Å²) in [6.07, 6.45) is -0.882. The van der Waals surface area contributed by atoms with Gasteiger partial charge in [0.15, 0.2) is 0 Å². The minimum Gasteiger partial charge on any atom is -0.489 e. The van der Waals surface area contributed by atoms with Gasteiger partial charge in [-0.05, 0) is 114 Å². The Morgan fingerprint density at radius 3 is 0.901 bits per heavy atom. The van der Waals surface area contributed by atoms with E-state index in [0.29, 0.717) is 74.6 Å². The van der Waals surface area contributed by atoms with Crippen LogP contribution in [0.15, 0.2) is 212 Å². The summed E-state index contributed by atoms with van der Waals surface area (Å²) in [6, 6.07) is 67.0. The van der Waals surface area contributed by atoms with Gasteiger partial charge in [0.05, 0.1) is 16.7 Å². The van der Waals surface area contributed by atoms with Crippen LogP contribution in [0.25, 0.3) is 0 Å². The molecular formula is C70H64O11. The standard InChI is InChI=1S/C54H48O8.C16H16O3/c1-37-47(57-33-39-17-7-3-8-18-39)29-45(30-48(37)58-34-40-19-9-4-10-20-40)53(55)61-51-27-43-25-15-16-26-44(43)28-52(51)62-54(56)46-31-49(59-35-41-21-11-5-12-22-41)38(2)50(32-46)60-36-42-23-13-6-14-24-42;1-11-8-14(16(17)18)9-15(12(11)2)19-10-13-6-4-3-5-7-13/h3-26,29-32,51-52H,27-28,33-36H2,1-2H3;3-9H,10H2,1-2H3,(H,17,18)/t51-,52+;. The molecular weight excluding hydrogens is 1020 g/mol. The maximum absolute atomic E-state index is 14.3. The Hall–Kier alpha value is -9.61. The SMILES string of the molecule is Cc1c(OCc2ccccc2)cc(C(=O)O[C@H]2Cc3ccccc3C[C@H]2OC(=O)c2cc(OCc3ccccc3)c(C)c(OCc3ccccc3)c2)cc1OCc1ccccc1.Cc1cc(C(=O)O)cc(OCc2ccccc2)c1C. The fourth-order valence-corrected chi connectivity index (χ4v) is 9.23. The van der Waals surface area contributed by atoms with Gasteiger partial charge in [-0.15, -0.1) is 0 Å². The Labute approximate surface area is 473 Å². The molecule has 9 aromatic rings. The predicted octanol–water partition coefficient (Wildman–Crippen LogP) is 14.7. The molecule has 0 bridgehead atoms. The van der Waals surface area contributed by atoms with E-state index in [1.165, 1.54) is 0 Å². The van der Waals surface area contributed by atoms with E-state index < -0.39 is 30.1 Å². The number of rotatable bonds is 20. The molecule has 0 spiro atoms. The van der Waals surface area contributed by atoms with Crippen LogP contribution < -0.4 is 23.7 Å². The number of aryl methyl sites for hydroxylation is 1. The smallest absolute Gasteiger partial charge is 0.338 e. The van der Waals surface area contributed by atoms with Crippen molar-refractivity contribution in [2.24, 2.45) is 0 Å². The molecule has 0 unspecified atom stereocenters. The van der Waals surface area contributed by atoms with Crippen LogP contribution in [0, 0.1) is 27.7 Å². The second-order valence-electron chi connectivity index (χ2n) is 19.9. The molecule has 1 aliphatic carbocycles. The number of ether oxygens (including phenoxy) is 7. The molecule has 2 atom stereocenters. The Balaban J connectivity index is 0.000000352. The summed E-state index contributed by atoms with van der Waals surface area (Å²) in [4.78, 5) is 39.6. The largest absolute Gasteiger partial charge is 0.489 e. The lowest BCUT2D eigenvalue weighted by Gasteiger charge is -2.32. The van der Waals surface area contributed by atoms with Gasteiger partial charge in [0.25, 0.3) is 0 Å². The zero-order valence-corrected chi connectivity index (χ0v) is 45.8. The van der Waals surface area contributed by atoms with Crippen molar-refractivity contribution in [3.05, 3.63) is 290 Å². The summed E-state index contributed by atoms with van der Waals surface area (Å²) >= 11 is 0. The van der Waals surface area contributed by atoms with E-state index in [2.05, 4.69) is 0 Å². The molecule has 11 heteroatoms. The first-order chi connectivity index (χ1) is 39.4. The predicted molar refractivity (Wildman–Crippen MR) is 311 cm³/mol. The molecule has 0 radical (unpaired) electrons. The van der Waals surface area contributed by atoms with E-state index in [0.717, 1.165) is 61.2 Å². The van der Waals surface area contributed by atoms with Gasteiger partial charge in [-0.25, -0.2) is 14.4 Å². The number of hydrogen-bond donors (Lipinski definition) is 1. The van der Waals surface area contributed by atoms with Gasteiger partial charge < -0.3 is 38.3 Å². The molecule has 11 nitrogen and oxygen atoms in total. The van der Waals surface area contributed by atoms with Crippen molar-refractivity contribution in [3.8, 4) is 28.7 Å². The molecule has 0 aromatic heterocycles. The van der Waals surface area contributed by atoms with Crippen LogP contribution in [0.2, 0.25) is 0 Å². The zero-order valence-electron chi connectivity index (χ0n) is 45.8. The summed E-state index contributed by atoms with van der Waals surface area (Å²) < 4.78 is 43.6. The number of carboxylic acids is 1. The molecule has 0 saturated carbocycles. The lowest BCUT2D eigenvalue weighted by atomic mass is 9.87. The summed E-state index contributed by atoms with van der Waals surface area (Å²) in [5.74, 6) is 0.503. The normalized spacial score (nSPS) is 13.3. The fourth-order valence-electron chi connectivity index (χ4n) is 9.23. The van der Waals surface area contributed by atoms with E-state index in [1.54, 1.807) is 36.4 Å². The van der Waals surface area contributed by atoms with Gasteiger partial charge in [0.2, 0.25) is 0 Å². The van der Waals surface area contributed by atoms with Crippen LogP contribution in [-0.4, -0.2) is 35.2 Å². The number of carboxylic acid groups (broad SMARTS) is 1. The Bertz CT molecular complexity index is 3240. The van der Waals surface area contributed by atoms with Gasteiger partial charge >= 0.3 is 17.9 Å². The number of aromatic carboxylic acids is 1. The molecule has 0 heterocycles. The van der Waals surface area contributed by atoms with Gasteiger partial charge in [-0.2, -0.15) is 0 Å². The third-order valence-electron chi connectivity index (χ3n) is 14.0. The lowest BCUT2D eigenvalue weighted by Crippen LogP contribution is -2.41. The molecule has 410 valence electrons. The number of fused-ring (bicyclic) bond motifs is 1. The third-order valence-corrected chi connectivity index (χ3v) is 14.0. The van der Waals surface area contributed by atoms with Gasteiger partial charge in [0.1, 0.15) is 74.0 Å². The van der Waals surface area contributed by atoms with Gasteiger partial charge in [-0.3, -0.25) is 0 Å². The minimum absolute atomic E-state index is 0.254. The Morgan fingerprint density at radius 1 is 0.358 bits per heavy atom. The Kier molecular flexibility index (Phi) is 18.9. The van der Waals surface area contributed by atoms with Gasteiger partial charge in [-0.1, -0.05) is 176 Å². The van der Waals surface area contributed by atoms with E-state index in [9.17, 15) is 14.4 Å². The van der Waals surface area contributed by atoms with Crippen molar-refractivity contribution in [1.29, 1.82) is 0 Å². The molecule has 0 aliphatic heterocycles. The average molecular weight is 1080 g/mol. The van der Waals surface area contributed by atoms with Crippen molar-refractivity contribution in [2.45, 2.75) is 85.8 Å². The van der Waals surface area contributed by atoms with E-state index in [-0.39, 0.29) is 16.7 Å². The second kappa shape index (κ2) is 27.3. The summed E-state index contributed by atoms with van der Waals surface area (Å²) in [5.41, 5.74) is 11.2. The quantitative estimate of drug-likeness (QED) is 0.0731. The highest BCUT2D eigenvalue weighted by molar-refractivity contribution is 5.92. The summed E-state index contributed by atoms with van der Waals surface area (Å²) in [7, 11) is 0. The number of carbonyl (C=O) groups excluding carboxylic acids is 2. The highest BCUT2D eigenvalue weighted by Gasteiger charge is 2.35. The molecule has 0 amide bonds. The third kappa shape index (κ3) is 15.4. The van der Waals surface area contributed by atoms with Crippen LogP contribution in [0.5, 0.6) is 28.7 Å². The highest BCUT2D eigenvalue weighted by Crippen LogP contribution is 2.36. The molecule has 1 N–H and O–H groups in total. The van der Waals surface area contributed by atoms with Crippen molar-refractivity contribution in [3.63, 3.8) is 0 Å². The average Bonchev–Trinajstić information content (AvgIpc) is 3.49. The molecule has 81 heavy (non-hydrogen) atoms. The van der Waals surface area contributed by atoms with Crippen LogP contribution in [-0.2, 0) is 55.3 Å². The lowest BCUT2D eigenvalue weighted by molar-refractivity contribution is -0.0390. The number of hydrogen-bond acceptors (Lipinski definition) is 10. The number of benzene rings is 9. The first-order valence-electron chi connectivity index (χ1n) is 26.9. The Morgan fingerprint density at radius 2 is 0.617 bits per heavy atom. The molecule has 0 fully saturated rings. The molecule has 10 rings (SSSR count). The van der Waals surface area contributed by atoms with Crippen molar-refractivity contribution in [2.75, 3.05) is 0 Å². The monoisotopic (exact) mass is 1080 g/mol. The van der Waals surface area contributed by atoms with Gasteiger partial charge in [0, 0.05) is 24.0 Å². The minimum atomic E-state index is -0.937. The first-order valence-corrected chi connectivity index (χ1v) is 26.9. The van der Waals surface area contributed by atoms with Crippen molar-refractivity contribution in [1.82, 2.24) is 0 Å². The molecule has 9 aromatic carbocycles. The van der Waals surface area contributed by atoms with Crippen molar-refractivity contribution < 1.29 is 52.6 Å². The topological polar surface area (TPSA) is 136 Å². The summed E-state index contributed by atoms with van der Waals surface area (Å²) in [6.45, 7) is 9.26. The maximum Gasteiger partial charge on any atom is 0.338 e. The van der Waals surface area contributed by atoms with Crippen LogP contribution in [0.4, 0.5) is 0 Å². The number of esters is 2. The zero-order chi connectivity index (χ0) is 56.5. The molecule has 0 saturated heterocycles. The fraction of sp³-hybridized carbons (Fsp3) is 0.186. The number of carbonyl (C=O) groups is 3. The molecule has 1 aliphatic rings. The van der Waals surface area contributed by atoms with Crippen LogP contribution in [0.3, 0.4) is 0 Å². The maximum atomic E-state index is 14.3. The van der Waals surface area contributed by atoms with E-state index >= 15 is 0 Å². The van der Waals surface area contributed by atoms with E-state index in [1.807, 2.05) is 204 Å². The summed E-state index contributed by atoms with van der Waals surface area (Å²) in [5, 5.41) is 9.05.